The number of esters is 1. The fourth-order valence-electron chi connectivity index (χ4n) is 1.76. The SMILES string of the molecule is Cc1ccc(CNC(=O)COC(=O)c2ccc(C)nc2)cc1. The highest BCUT2D eigenvalue weighted by molar-refractivity contribution is 5.90. The fraction of sp³-hybridized carbons (Fsp3) is 0.235. The molecule has 0 atom stereocenters. The van der Waals surface area contributed by atoms with Crippen LogP contribution in [0.2, 0.25) is 0 Å². The van der Waals surface area contributed by atoms with E-state index in [1.165, 1.54) is 6.20 Å². The number of nitrogens with one attached hydrogen (secondary N) is 1. The van der Waals surface area contributed by atoms with Crippen molar-refractivity contribution in [2.75, 3.05) is 6.61 Å². The first-order chi connectivity index (χ1) is 10.5. The third-order valence-corrected chi connectivity index (χ3v) is 3.09. The van der Waals surface area contributed by atoms with Gasteiger partial charge in [-0.2, -0.15) is 0 Å². The van der Waals surface area contributed by atoms with Gasteiger partial charge < -0.3 is 10.1 Å². The summed E-state index contributed by atoms with van der Waals surface area (Å²) >= 11 is 0. The summed E-state index contributed by atoms with van der Waals surface area (Å²) in [5.41, 5.74) is 3.30. The Morgan fingerprint density at radius 3 is 2.45 bits per heavy atom. The summed E-state index contributed by atoms with van der Waals surface area (Å²) in [4.78, 5) is 27.4. The molecule has 5 heteroatoms. The zero-order chi connectivity index (χ0) is 15.9. The number of aromatic nitrogens is 1. The number of hydrogen-bond acceptors (Lipinski definition) is 4. The van der Waals surface area contributed by atoms with Gasteiger partial charge in [-0.15, -0.1) is 0 Å². The largest absolute Gasteiger partial charge is 0.452 e. The number of pyridine rings is 1. The summed E-state index contributed by atoms with van der Waals surface area (Å²) in [6.45, 7) is 3.93. The lowest BCUT2D eigenvalue weighted by molar-refractivity contribution is -0.124. The molecular formula is C17H18N2O3. The van der Waals surface area contributed by atoms with Gasteiger partial charge in [0, 0.05) is 18.4 Å². The van der Waals surface area contributed by atoms with Crippen molar-refractivity contribution in [3.05, 3.63) is 65.0 Å². The van der Waals surface area contributed by atoms with E-state index >= 15 is 0 Å². The maximum Gasteiger partial charge on any atom is 0.340 e. The summed E-state index contributed by atoms with van der Waals surface area (Å²) in [6, 6.07) is 11.2. The number of nitrogens with zero attached hydrogens (tertiary/aromatic N) is 1. The van der Waals surface area contributed by atoms with Crippen molar-refractivity contribution in [3.63, 3.8) is 0 Å². The minimum Gasteiger partial charge on any atom is -0.452 e. The van der Waals surface area contributed by atoms with E-state index in [0.29, 0.717) is 12.1 Å². The number of benzene rings is 1. The maximum absolute atomic E-state index is 11.7. The number of amides is 1. The lowest BCUT2D eigenvalue weighted by atomic mass is 10.1. The van der Waals surface area contributed by atoms with Crippen molar-refractivity contribution in [3.8, 4) is 0 Å². The van der Waals surface area contributed by atoms with Crippen LogP contribution in [0.1, 0.15) is 27.2 Å². The molecule has 0 unspecified atom stereocenters. The number of rotatable bonds is 5. The lowest BCUT2D eigenvalue weighted by Crippen LogP contribution is -2.28. The average Bonchev–Trinajstić information content (AvgIpc) is 2.52. The van der Waals surface area contributed by atoms with Gasteiger partial charge in [0.1, 0.15) is 0 Å². The van der Waals surface area contributed by atoms with Crippen LogP contribution >= 0.6 is 0 Å². The Morgan fingerprint density at radius 1 is 1.09 bits per heavy atom. The number of hydrogen-bond donors (Lipinski definition) is 1. The quantitative estimate of drug-likeness (QED) is 0.859. The van der Waals surface area contributed by atoms with E-state index in [2.05, 4.69) is 10.3 Å². The molecular weight excluding hydrogens is 280 g/mol. The van der Waals surface area contributed by atoms with Gasteiger partial charge in [0.25, 0.3) is 5.91 Å². The Hall–Kier alpha value is -2.69. The predicted octanol–water partition coefficient (Wildman–Crippen LogP) is 2.17. The van der Waals surface area contributed by atoms with Crippen LogP contribution in [0.5, 0.6) is 0 Å². The number of aryl methyl sites for hydroxylation is 2. The number of carbonyl (C=O) groups is 2. The van der Waals surface area contributed by atoms with E-state index < -0.39 is 5.97 Å². The highest BCUT2D eigenvalue weighted by atomic mass is 16.5. The molecule has 0 aliphatic rings. The molecule has 0 radical (unpaired) electrons. The zero-order valence-corrected chi connectivity index (χ0v) is 12.6. The first-order valence-electron chi connectivity index (χ1n) is 6.96. The first-order valence-corrected chi connectivity index (χ1v) is 6.96. The highest BCUT2D eigenvalue weighted by Gasteiger charge is 2.10. The molecule has 114 valence electrons. The van der Waals surface area contributed by atoms with Crippen molar-refractivity contribution >= 4 is 11.9 Å². The minimum absolute atomic E-state index is 0.307. The molecule has 0 aliphatic carbocycles. The van der Waals surface area contributed by atoms with Gasteiger partial charge in [0.15, 0.2) is 6.61 Å². The van der Waals surface area contributed by atoms with E-state index in [1.807, 2.05) is 38.1 Å². The van der Waals surface area contributed by atoms with Crippen LogP contribution in [0, 0.1) is 13.8 Å². The van der Waals surface area contributed by atoms with Gasteiger partial charge in [0.05, 0.1) is 5.56 Å². The Bertz CT molecular complexity index is 649. The van der Waals surface area contributed by atoms with Crippen molar-refractivity contribution in [1.82, 2.24) is 10.3 Å². The van der Waals surface area contributed by atoms with E-state index in [4.69, 9.17) is 4.74 Å². The van der Waals surface area contributed by atoms with Gasteiger partial charge in [0.2, 0.25) is 0 Å². The molecule has 1 aromatic carbocycles. The van der Waals surface area contributed by atoms with E-state index in [-0.39, 0.29) is 12.5 Å². The molecule has 0 saturated carbocycles. The summed E-state index contributed by atoms with van der Waals surface area (Å²) < 4.78 is 4.95. The molecule has 1 N–H and O–H groups in total. The fourth-order valence-corrected chi connectivity index (χ4v) is 1.76. The Labute approximate surface area is 129 Å². The van der Waals surface area contributed by atoms with Crippen LogP contribution in [-0.4, -0.2) is 23.5 Å². The van der Waals surface area contributed by atoms with Crippen LogP contribution in [0.3, 0.4) is 0 Å². The van der Waals surface area contributed by atoms with Crippen LogP contribution in [-0.2, 0) is 16.1 Å². The summed E-state index contributed by atoms with van der Waals surface area (Å²) in [5, 5.41) is 2.70. The molecule has 1 amide bonds. The van der Waals surface area contributed by atoms with Gasteiger partial charge in [-0.3, -0.25) is 9.78 Å². The third-order valence-electron chi connectivity index (χ3n) is 3.09. The maximum atomic E-state index is 11.7. The van der Waals surface area contributed by atoms with E-state index in [1.54, 1.807) is 12.1 Å². The average molecular weight is 298 g/mol. The van der Waals surface area contributed by atoms with Crippen LogP contribution in [0.25, 0.3) is 0 Å². The molecule has 0 saturated heterocycles. The number of carbonyl (C=O) groups excluding carboxylic acids is 2. The normalized spacial score (nSPS) is 10.1. The smallest absolute Gasteiger partial charge is 0.340 e. The van der Waals surface area contributed by atoms with Crippen LogP contribution < -0.4 is 5.32 Å². The van der Waals surface area contributed by atoms with Gasteiger partial charge in [-0.05, 0) is 31.5 Å². The zero-order valence-electron chi connectivity index (χ0n) is 12.6. The third kappa shape index (κ3) is 4.70. The predicted molar refractivity (Wildman–Crippen MR) is 82.3 cm³/mol. The molecule has 22 heavy (non-hydrogen) atoms. The molecule has 1 aromatic heterocycles. The first kappa shape index (κ1) is 15.7. The Morgan fingerprint density at radius 2 is 1.82 bits per heavy atom. The van der Waals surface area contributed by atoms with Crippen molar-refractivity contribution in [1.29, 1.82) is 0 Å². The summed E-state index contributed by atoms with van der Waals surface area (Å²) in [7, 11) is 0. The molecule has 5 nitrogen and oxygen atoms in total. The second-order valence-corrected chi connectivity index (χ2v) is 5.03. The lowest BCUT2D eigenvalue weighted by Gasteiger charge is -2.07. The Kier molecular flexibility index (Phi) is 5.25. The van der Waals surface area contributed by atoms with Crippen LogP contribution in [0.4, 0.5) is 0 Å². The van der Waals surface area contributed by atoms with E-state index in [9.17, 15) is 9.59 Å². The van der Waals surface area contributed by atoms with Gasteiger partial charge >= 0.3 is 5.97 Å². The number of ether oxygens (including phenoxy) is 1. The Balaban J connectivity index is 1.76. The molecule has 2 aromatic rings. The van der Waals surface area contributed by atoms with Crippen LogP contribution in [0.15, 0.2) is 42.6 Å². The summed E-state index contributed by atoms with van der Waals surface area (Å²) in [5.74, 6) is -0.896. The molecule has 0 aliphatic heterocycles. The van der Waals surface area contributed by atoms with Gasteiger partial charge in [-0.25, -0.2) is 4.79 Å². The van der Waals surface area contributed by atoms with Crippen molar-refractivity contribution in [2.45, 2.75) is 20.4 Å². The molecule has 2 rings (SSSR count). The molecule has 0 fully saturated rings. The topological polar surface area (TPSA) is 68.3 Å². The van der Waals surface area contributed by atoms with Crippen molar-refractivity contribution in [2.24, 2.45) is 0 Å². The summed E-state index contributed by atoms with van der Waals surface area (Å²) in [6.07, 6.45) is 1.43. The second-order valence-electron chi connectivity index (χ2n) is 5.03. The van der Waals surface area contributed by atoms with Crippen molar-refractivity contribution < 1.29 is 14.3 Å². The minimum atomic E-state index is -0.557. The van der Waals surface area contributed by atoms with E-state index in [0.717, 1.165) is 16.8 Å². The van der Waals surface area contributed by atoms with Gasteiger partial charge in [-0.1, -0.05) is 29.8 Å². The molecule has 0 bridgehead atoms. The molecule has 0 spiro atoms. The molecule has 1 heterocycles. The second kappa shape index (κ2) is 7.36. The highest BCUT2D eigenvalue weighted by Crippen LogP contribution is 2.03. The monoisotopic (exact) mass is 298 g/mol. The standard InChI is InChI=1S/C17H18N2O3/c1-12-3-6-14(7-4-12)9-19-16(20)11-22-17(21)15-8-5-13(2)18-10-15/h3-8,10H,9,11H2,1-2H3,(H,19,20).